The van der Waals surface area contributed by atoms with Gasteiger partial charge in [0.25, 0.3) is 0 Å². The van der Waals surface area contributed by atoms with E-state index in [1.807, 2.05) is 0 Å². The number of hydrogen-bond acceptors (Lipinski definition) is 4. The van der Waals surface area contributed by atoms with E-state index in [0.29, 0.717) is 17.5 Å². The Morgan fingerprint density at radius 2 is 2.26 bits per heavy atom. The lowest BCUT2D eigenvalue weighted by Crippen LogP contribution is -2.26. The molecule has 0 aromatic carbocycles. The van der Waals surface area contributed by atoms with Crippen LogP contribution in [0.5, 0.6) is 0 Å². The lowest BCUT2D eigenvalue weighted by molar-refractivity contribution is 0.519. The van der Waals surface area contributed by atoms with Crippen molar-refractivity contribution in [2.24, 2.45) is 5.92 Å². The minimum Gasteiger partial charge on any atom is -0.316 e. The van der Waals surface area contributed by atoms with E-state index in [1.165, 1.54) is 18.5 Å². The molecule has 1 aromatic rings. The van der Waals surface area contributed by atoms with E-state index in [0.717, 1.165) is 25.9 Å². The molecule has 1 aliphatic heterocycles. The lowest BCUT2D eigenvalue weighted by atomic mass is 10.1. The molecule has 0 saturated carbocycles. The van der Waals surface area contributed by atoms with Gasteiger partial charge in [-0.15, -0.1) is 12.4 Å². The highest BCUT2D eigenvalue weighted by molar-refractivity contribution is 7.89. The smallest absolute Gasteiger partial charge is 0.242 e. The van der Waals surface area contributed by atoms with Crippen LogP contribution >= 0.6 is 24.0 Å². The summed E-state index contributed by atoms with van der Waals surface area (Å²) in [6, 6.07) is 1.40. The maximum atomic E-state index is 11.9. The van der Waals surface area contributed by atoms with Crippen molar-refractivity contribution in [3.8, 4) is 0 Å². The third kappa shape index (κ3) is 4.89. The van der Waals surface area contributed by atoms with Crippen molar-refractivity contribution >= 4 is 34.0 Å². The Balaban J connectivity index is 0.00000180. The van der Waals surface area contributed by atoms with Gasteiger partial charge in [0, 0.05) is 18.9 Å². The molecule has 1 fully saturated rings. The van der Waals surface area contributed by atoms with Crippen LogP contribution in [0.15, 0.2) is 23.4 Å². The van der Waals surface area contributed by atoms with Gasteiger partial charge in [-0.1, -0.05) is 11.6 Å². The van der Waals surface area contributed by atoms with E-state index < -0.39 is 10.0 Å². The molecule has 1 aliphatic rings. The van der Waals surface area contributed by atoms with Crippen LogP contribution in [0.4, 0.5) is 0 Å². The molecule has 0 spiro atoms. The average molecular weight is 326 g/mol. The Kier molecular flexibility index (Phi) is 6.49. The van der Waals surface area contributed by atoms with Crippen molar-refractivity contribution in [1.29, 1.82) is 0 Å². The highest BCUT2D eigenvalue weighted by atomic mass is 35.5. The number of sulfonamides is 1. The molecule has 2 rings (SSSR count). The number of nitrogens with one attached hydrogen (secondary N) is 2. The SMILES string of the molecule is Cl.O=S(=O)(NCCC1CCNC1)c1cncc(Cl)c1. The number of nitrogens with zero attached hydrogens (tertiary/aromatic N) is 1. The van der Waals surface area contributed by atoms with E-state index >= 15 is 0 Å². The molecule has 108 valence electrons. The van der Waals surface area contributed by atoms with Gasteiger partial charge in [0.05, 0.1) is 5.02 Å². The van der Waals surface area contributed by atoms with Crippen LogP contribution in [0.3, 0.4) is 0 Å². The molecule has 1 unspecified atom stereocenters. The van der Waals surface area contributed by atoms with Crippen molar-refractivity contribution in [3.05, 3.63) is 23.5 Å². The fourth-order valence-electron chi connectivity index (χ4n) is 1.98. The predicted octanol–water partition coefficient (Wildman–Crippen LogP) is 1.43. The molecule has 2 heterocycles. The quantitative estimate of drug-likeness (QED) is 0.859. The first-order chi connectivity index (χ1) is 8.58. The highest BCUT2D eigenvalue weighted by Crippen LogP contribution is 2.14. The Bertz CT molecular complexity index is 504. The molecule has 0 aliphatic carbocycles. The zero-order chi connectivity index (χ0) is 13.0. The third-order valence-electron chi connectivity index (χ3n) is 3.00. The van der Waals surface area contributed by atoms with Gasteiger partial charge in [0.15, 0.2) is 0 Å². The van der Waals surface area contributed by atoms with Crippen LogP contribution in [0, 0.1) is 5.92 Å². The molecular weight excluding hydrogens is 309 g/mol. The number of pyridine rings is 1. The summed E-state index contributed by atoms with van der Waals surface area (Å²) in [7, 11) is -3.49. The summed E-state index contributed by atoms with van der Waals surface area (Å²) in [5, 5.41) is 3.57. The summed E-state index contributed by atoms with van der Waals surface area (Å²) >= 11 is 5.73. The Hall–Kier alpha value is -0.400. The zero-order valence-corrected chi connectivity index (χ0v) is 12.7. The highest BCUT2D eigenvalue weighted by Gasteiger charge is 2.17. The second kappa shape index (κ2) is 7.40. The maximum absolute atomic E-state index is 11.9. The van der Waals surface area contributed by atoms with Crippen LogP contribution in [0.2, 0.25) is 5.02 Å². The molecule has 5 nitrogen and oxygen atoms in total. The molecule has 0 amide bonds. The molecule has 0 bridgehead atoms. The summed E-state index contributed by atoms with van der Waals surface area (Å²) in [6.45, 7) is 2.44. The normalized spacial score (nSPS) is 19.1. The Labute approximate surface area is 124 Å². The van der Waals surface area contributed by atoms with Crippen molar-refractivity contribution in [1.82, 2.24) is 15.0 Å². The fourth-order valence-corrected chi connectivity index (χ4v) is 3.25. The third-order valence-corrected chi connectivity index (χ3v) is 4.63. The number of aromatic nitrogens is 1. The molecule has 0 radical (unpaired) electrons. The predicted molar refractivity (Wildman–Crippen MR) is 77.3 cm³/mol. The fraction of sp³-hybridized carbons (Fsp3) is 0.545. The molecular formula is C11H17Cl2N3O2S. The van der Waals surface area contributed by atoms with Crippen molar-refractivity contribution < 1.29 is 8.42 Å². The average Bonchev–Trinajstić information content (AvgIpc) is 2.82. The number of halogens is 2. The minimum absolute atomic E-state index is 0. The minimum atomic E-state index is -3.49. The van der Waals surface area contributed by atoms with Crippen LogP contribution in [-0.4, -0.2) is 33.0 Å². The zero-order valence-electron chi connectivity index (χ0n) is 10.3. The summed E-state index contributed by atoms with van der Waals surface area (Å²) < 4.78 is 26.4. The molecule has 1 saturated heterocycles. The first kappa shape index (κ1) is 16.7. The van der Waals surface area contributed by atoms with Gasteiger partial charge >= 0.3 is 0 Å². The molecule has 19 heavy (non-hydrogen) atoms. The van der Waals surface area contributed by atoms with E-state index in [2.05, 4.69) is 15.0 Å². The topological polar surface area (TPSA) is 71.1 Å². The van der Waals surface area contributed by atoms with E-state index in [-0.39, 0.29) is 17.3 Å². The second-order valence-electron chi connectivity index (χ2n) is 4.38. The summed E-state index contributed by atoms with van der Waals surface area (Å²) in [5.74, 6) is 0.560. The first-order valence-corrected chi connectivity index (χ1v) is 7.75. The van der Waals surface area contributed by atoms with Crippen LogP contribution in [0.25, 0.3) is 0 Å². The van der Waals surface area contributed by atoms with Gasteiger partial charge in [-0.25, -0.2) is 13.1 Å². The number of hydrogen-bond donors (Lipinski definition) is 2. The molecule has 1 aromatic heterocycles. The Morgan fingerprint density at radius 1 is 1.47 bits per heavy atom. The van der Waals surface area contributed by atoms with E-state index in [1.54, 1.807) is 0 Å². The van der Waals surface area contributed by atoms with Crippen LogP contribution in [-0.2, 0) is 10.0 Å². The van der Waals surface area contributed by atoms with Gasteiger partial charge < -0.3 is 5.32 Å². The monoisotopic (exact) mass is 325 g/mol. The standard InChI is InChI=1S/C11H16ClN3O2S.ClH/c12-10-5-11(8-14-7-10)18(16,17)15-4-2-9-1-3-13-6-9;/h5,7-9,13,15H,1-4,6H2;1H. The van der Waals surface area contributed by atoms with Crippen molar-refractivity contribution in [2.75, 3.05) is 19.6 Å². The first-order valence-electron chi connectivity index (χ1n) is 5.89. The summed E-state index contributed by atoms with van der Waals surface area (Å²) in [5.41, 5.74) is 0. The van der Waals surface area contributed by atoms with Crippen molar-refractivity contribution in [3.63, 3.8) is 0 Å². The van der Waals surface area contributed by atoms with Gasteiger partial charge in [0.2, 0.25) is 10.0 Å². The van der Waals surface area contributed by atoms with E-state index in [4.69, 9.17) is 11.6 Å². The molecule has 1 atom stereocenters. The van der Waals surface area contributed by atoms with Gasteiger partial charge in [-0.2, -0.15) is 0 Å². The molecule has 8 heteroatoms. The second-order valence-corrected chi connectivity index (χ2v) is 6.59. The van der Waals surface area contributed by atoms with Crippen LogP contribution < -0.4 is 10.0 Å². The largest absolute Gasteiger partial charge is 0.316 e. The van der Waals surface area contributed by atoms with Gasteiger partial charge in [-0.3, -0.25) is 4.98 Å². The summed E-state index contributed by atoms with van der Waals surface area (Å²) in [6.07, 6.45) is 4.66. The maximum Gasteiger partial charge on any atom is 0.242 e. The van der Waals surface area contributed by atoms with Gasteiger partial charge in [0.1, 0.15) is 4.90 Å². The van der Waals surface area contributed by atoms with Crippen LogP contribution in [0.1, 0.15) is 12.8 Å². The lowest BCUT2D eigenvalue weighted by Gasteiger charge is -2.09. The summed E-state index contributed by atoms with van der Waals surface area (Å²) in [4.78, 5) is 3.89. The van der Waals surface area contributed by atoms with Crippen molar-refractivity contribution in [2.45, 2.75) is 17.7 Å². The van der Waals surface area contributed by atoms with E-state index in [9.17, 15) is 8.42 Å². The number of rotatable bonds is 5. The Morgan fingerprint density at radius 3 is 2.89 bits per heavy atom. The van der Waals surface area contributed by atoms with Gasteiger partial charge in [-0.05, 0) is 37.9 Å². The molecule has 2 N–H and O–H groups in total.